The van der Waals surface area contributed by atoms with E-state index in [0.717, 1.165) is 9.87 Å². The number of hydrogen-bond acceptors (Lipinski definition) is 3. The molecule has 0 radical (unpaired) electrons. The van der Waals surface area contributed by atoms with E-state index < -0.39 is 10.0 Å². The van der Waals surface area contributed by atoms with Crippen molar-refractivity contribution in [2.24, 2.45) is 0 Å². The summed E-state index contributed by atoms with van der Waals surface area (Å²) in [7, 11) is -3.87. The predicted octanol–water partition coefficient (Wildman–Crippen LogP) is 3.80. The number of sulfonamides is 1. The van der Waals surface area contributed by atoms with E-state index in [9.17, 15) is 13.2 Å². The Bertz CT molecular complexity index is 1020. The van der Waals surface area contributed by atoms with Gasteiger partial charge in [0, 0.05) is 6.54 Å². The second-order valence-corrected chi connectivity index (χ2v) is 8.64. The van der Waals surface area contributed by atoms with Gasteiger partial charge in [0.25, 0.3) is 10.0 Å². The van der Waals surface area contributed by atoms with Crippen molar-refractivity contribution in [2.45, 2.75) is 17.7 Å². The molecule has 0 unspecified atom stereocenters. The number of hydrogen-bond donors (Lipinski definition) is 1. The molecule has 3 aromatic carbocycles. The molecule has 0 aliphatic rings. The summed E-state index contributed by atoms with van der Waals surface area (Å²) in [5.74, 6) is -0.229. The molecule has 1 N–H and O–H groups in total. The van der Waals surface area contributed by atoms with Crippen molar-refractivity contribution < 1.29 is 13.2 Å². The molecule has 29 heavy (non-hydrogen) atoms. The largest absolute Gasteiger partial charge is 0.354 e. The first-order valence-corrected chi connectivity index (χ1v) is 10.9. The molecule has 0 heterocycles. The van der Waals surface area contributed by atoms with Crippen LogP contribution < -0.4 is 9.62 Å². The van der Waals surface area contributed by atoms with E-state index in [1.54, 1.807) is 48.5 Å². The molecule has 0 aliphatic heterocycles. The second kappa shape index (κ2) is 9.39. The first kappa shape index (κ1) is 20.6. The molecule has 1 amide bonds. The summed E-state index contributed by atoms with van der Waals surface area (Å²) >= 11 is 0. The maximum atomic E-state index is 13.2. The number of carbonyl (C=O) groups excluding carboxylic acids is 1. The van der Waals surface area contributed by atoms with Crippen LogP contribution in [0.5, 0.6) is 0 Å². The van der Waals surface area contributed by atoms with E-state index in [4.69, 9.17) is 0 Å². The van der Waals surface area contributed by atoms with Gasteiger partial charge in [-0.2, -0.15) is 0 Å². The average molecular weight is 409 g/mol. The minimum absolute atomic E-state index is 0.121. The topological polar surface area (TPSA) is 66.5 Å². The first-order valence-electron chi connectivity index (χ1n) is 9.43. The normalized spacial score (nSPS) is 12.2. The molecule has 150 valence electrons. The van der Waals surface area contributed by atoms with Gasteiger partial charge in [-0.05, 0) is 35.7 Å². The highest BCUT2D eigenvalue weighted by atomic mass is 32.2. The minimum Gasteiger partial charge on any atom is -0.354 e. The van der Waals surface area contributed by atoms with Crippen LogP contribution in [0.15, 0.2) is 95.9 Å². The number of nitrogens with one attached hydrogen (secondary N) is 1. The molecule has 3 rings (SSSR count). The van der Waals surface area contributed by atoms with E-state index in [2.05, 4.69) is 5.32 Å². The highest BCUT2D eigenvalue weighted by molar-refractivity contribution is 7.92. The summed E-state index contributed by atoms with van der Waals surface area (Å²) < 4.78 is 27.5. The first-order chi connectivity index (χ1) is 14.0. The van der Waals surface area contributed by atoms with Gasteiger partial charge in [0.2, 0.25) is 5.91 Å². The lowest BCUT2D eigenvalue weighted by molar-refractivity contribution is -0.119. The Hall–Kier alpha value is -3.12. The van der Waals surface area contributed by atoms with Crippen LogP contribution in [-0.2, 0) is 14.8 Å². The number of amides is 1. The third kappa shape index (κ3) is 5.23. The number of carbonyl (C=O) groups is 1. The molecule has 1 atom stereocenters. The van der Waals surface area contributed by atoms with Gasteiger partial charge in [0.15, 0.2) is 0 Å². The highest BCUT2D eigenvalue weighted by Gasteiger charge is 2.27. The Kier molecular flexibility index (Phi) is 6.67. The Morgan fingerprint density at radius 3 is 1.97 bits per heavy atom. The summed E-state index contributed by atoms with van der Waals surface area (Å²) in [6.07, 6.45) is 0. The van der Waals surface area contributed by atoms with Crippen LogP contribution in [0.4, 0.5) is 5.69 Å². The zero-order valence-corrected chi connectivity index (χ0v) is 17.0. The molecule has 0 spiro atoms. The molecule has 0 aromatic heterocycles. The minimum atomic E-state index is -3.87. The van der Waals surface area contributed by atoms with Crippen LogP contribution in [0, 0.1) is 0 Å². The second-order valence-electron chi connectivity index (χ2n) is 6.78. The lowest BCUT2D eigenvalue weighted by atomic mass is 10.0. The number of nitrogens with zero attached hydrogens (tertiary/aromatic N) is 1. The van der Waals surface area contributed by atoms with E-state index in [0.29, 0.717) is 12.2 Å². The van der Waals surface area contributed by atoms with E-state index >= 15 is 0 Å². The van der Waals surface area contributed by atoms with Crippen molar-refractivity contribution in [2.75, 3.05) is 17.4 Å². The standard InChI is InChI=1S/C23H24N2O3S/c1-19(20-11-5-2-6-12-20)17-24-23(26)18-25(21-13-7-3-8-14-21)29(27,28)22-15-9-4-10-16-22/h2-16,19H,17-18H2,1H3,(H,24,26)/t19-/m1/s1. The van der Waals surface area contributed by atoms with E-state index in [-0.39, 0.29) is 23.3 Å². The van der Waals surface area contributed by atoms with Crippen LogP contribution in [0.3, 0.4) is 0 Å². The van der Waals surface area contributed by atoms with Crippen LogP contribution in [0.1, 0.15) is 18.4 Å². The number of para-hydroxylation sites is 1. The summed E-state index contributed by atoms with van der Waals surface area (Å²) in [6, 6.07) is 26.7. The van der Waals surface area contributed by atoms with Gasteiger partial charge in [-0.15, -0.1) is 0 Å². The fourth-order valence-electron chi connectivity index (χ4n) is 2.98. The van der Waals surface area contributed by atoms with Gasteiger partial charge in [0.05, 0.1) is 10.6 Å². The Labute approximate surface area is 172 Å². The SMILES string of the molecule is C[C@H](CNC(=O)CN(c1ccccc1)S(=O)(=O)c1ccccc1)c1ccccc1. The lowest BCUT2D eigenvalue weighted by Gasteiger charge is -2.24. The van der Waals surface area contributed by atoms with Crippen LogP contribution in [-0.4, -0.2) is 27.4 Å². The quantitative estimate of drug-likeness (QED) is 0.616. The van der Waals surface area contributed by atoms with Gasteiger partial charge in [-0.3, -0.25) is 9.10 Å². The zero-order chi connectivity index (χ0) is 20.7. The van der Waals surface area contributed by atoms with Crippen LogP contribution in [0.2, 0.25) is 0 Å². The Balaban J connectivity index is 1.76. The molecule has 5 nitrogen and oxygen atoms in total. The summed E-state index contributed by atoms with van der Waals surface area (Å²) in [5.41, 5.74) is 1.56. The Morgan fingerprint density at radius 2 is 1.38 bits per heavy atom. The predicted molar refractivity (Wildman–Crippen MR) is 115 cm³/mol. The van der Waals surface area contributed by atoms with Gasteiger partial charge >= 0.3 is 0 Å². The third-order valence-electron chi connectivity index (χ3n) is 4.64. The summed E-state index contributed by atoms with van der Waals surface area (Å²) in [5, 5.41) is 2.86. The number of anilines is 1. The molecule has 0 bridgehead atoms. The van der Waals surface area contributed by atoms with E-state index in [1.807, 2.05) is 37.3 Å². The number of rotatable bonds is 8. The van der Waals surface area contributed by atoms with Crippen molar-refractivity contribution >= 4 is 21.6 Å². The molecule has 0 saturated carbocycles. The smallest absolute Gasteiger partial charge is 0.264 e. The van der Waals surface area contributed by atoms with Crippen molar-refractivity contribution in [1.82, 2.24) is 5.32 Å². The van der Waals surface area contributed by atoms with Gasteiger partial charge in [-0.25, -0.2) is 8.42 Å². The monoisotopic (exact) mass is 408 g/mol. The van der Waals surface area contributed by atoms with Gasteiger partial charge in [-0.1, -0.05) is 73.7 Å². The third-order valence-corrected chi connectivity index (χ3v) is 6.42. The summed E-state index contributed by atoms with van der Waals surface area (Å²) in [6.45, 7) is 2.16. The highest BCUT2D eigenvalue weighted by Crippen LogP contribution is 2.23. The molecule has 3 aromatic rings. The van der Waals surface area contributed by atoms with Crippen LogP contribution in [0.25, 0.3) is 0 Å². The van der Waals surface area contributed by atoms with E-state index in [1.165, 1.54) is 12.1 Å². The zero-order valence-electron chi connectivity index (χ0n) is 16.2. The number of benzene rings is 3. The van der Waals surface area contributed by atoms with Gasteiger partial charge < -0.3 is 5.32 Å². The van der Waals surface area contributed by atoms with Crippen molar-refractivity contribution in [3.05, 3.63) is 96.6 Å². The molecule has 6 heteroatoms. The van der Waals surface area contributed by atoms with Crippen molar-refractivity contribution in [3.8, 4) is 0 Å². The molecular weight excluding hydrogens is 384 g/mol. The van der Waals surface area contributed by atoms with Crippen LogP contribution >= 0.6 is 0 Å². The van der Waals surface area contributed by atoms with Gasteiger partial charge in [0.1, 0.15) is 6.54 Å². The molecular formula is C23H24N2O3S. The maximum absolute atomic E-state index is 13.2. The maximum Gasteiger partial charge on any atom is 0.264 e. The fourth-order valence-corrected chi connectivity index (χ4v) is 4.42. The molecule has 0 aliphatic carbocycles. The molecule has 0 fully saturated rings. The Morgan fingerprint density at radius 1 is 0.862 bits per heavy atom. The summed E-state index contributed by atoms with van der Waals surface area (Å²) in [4.78, 5) is 12.8. The fraction of sp³-hybridized carbons (Fsp3) is 0.174. The average Bonchev–Trinajstić information content (AvgIpc) is 2.77. The van der Waals surface area contributed by atoms with Crippen molar-refractivity contribution in [3.63, 3.8) is 0 Å². The molecule has 0 saturated heterocycles. The van der Waals surface area contributed by atoms with Crippen molar-refractivity contribution in [1.29, 1.82) is 0 Å². The lowest BCUT2D eigenvalue weighted by Crippen LogP contribution is -2.41.